The minimum absolute atomic E-state index is 0.376. The number of hydrogen-bond acceptors (Lipinski definition) is 3. The average Bonchev–Trinajstić information content (AvgIpc) is 2.96. The third kappa shape index (κ3) is 2.93. The van der Waals surface area contributed by atoms with Gasteiger partial charge in [0.25, 0.3) is 0 Å². The molecule has 2 heterocycles. The maximum Gasteiger partial charge on any atom is 0.219 e. The third-order valence-electron chi connectivity index (χ3n) is 3.41. The van der Waals surface area contributed by atoms with Crippen molar-refractivity contribution in [1.82, 2.24) is 10.3 Å². The van der Waals surface area contributed by atoms with Crippen molar-refractivity contribution in [3.8, 4) is 11.6 Å². The quantitative estimate of drug-likeness (QED) is 0.908. The number of nitrogens with one attached hydrogen (secondary N) is 1. The molecule has 98 valence electrons. The van der Waals surface area contributed by atoms with E-state index < -0.39 is 0 Å². The summed E-state index contributed by atoms with van der Waals surface area (Å²) in [6.07, 6.45) is 2.37. The molecular weight excluding hydrogens is 236 g/mol. The van der Waals surface area contributed by atoms with Crippen molar-refractivity contribution < 1.29 is 4.74 Å². The zero-order valence-corrected chi connectivity index (χ0v) is 11.1. The lowest BCUT2D eigenvalue weighted by molar-refractivity contribution is 0.456. The smallest absolute Gasteiger partial charge is 0.219 e. The Balaban J connectivity index is 1.77. The van der Waals surface area contributed by atoms with Gasteiger partial charge in [-0.3, -0.25) is 0 Å². The second-order valence-electron chi connectivity index (χ2n) is 4.96. The van der Waals surface area contributed by atoms with Gasteiger partial charge in [0, 0.05) is 12.1 Å². The zero-order valence-electron chi connectivity index (χ0n) is 11.1. The lowest BCUT2D eigenvalue weighted by Gasteiger charge is -2.11. The molecule has 1 fully saturated rings. The van der Waals surface area contributed by atoms with Gasteiger partial charge in [-0.25, -0.2) is 4.98 Å². The van der Waals surface area contributed by atoms with Crippen LogP contribution in [0.4, 0.5) is 0 Å². The van der Waals surface area contributed by atoms with Crippen molar-refractivity contribution in [2.45, 2.75) is 25.8 Å². The number of pyridine rings is 1. The van der Waals surface area contributed by atoms with E-state index in [0.29, 0.717) is 11.9 Å². The molecule has 0 aliphatic carbocycles. The van der Waals surface area contributed by atoms with Crippen molar-refractivity contribution in [3.63, 3.8) is 0 Å². The minimum atomic E-state index is 0.376. The van der Waals surface area contributed by atoms with Crippen LogP contribution in [0, 0.1) is 6.92 Å². The summed E-state index contributed by atoms with van der Waals surface area (Å²) in [7, 11) is 0. The Bertz CT molecular complexity index is 545. The first kappa shape index (κ1) is 12.2. The highest BCUT2D eigenvalue weighted by Crippen LogP contribution is 2.25. The number of aryl methyl sites for hydroxylation is 1. The number of rotatable bonds is 3. The molecular formula is C16H18N2O. The van der Waals surface area contributed by atoms with E-state index in [4.69, 9.17) is 4.74 Å². The second-order valence-corrected chi connectivity index (χ2v) is 4.96. The van der Waals surface area contributed by atoms with Gasteiger partial charge in [0.05, 0.1) is 5.69 Å². The van der Waals surface area contributed by atoms with Gasteiger partial charge in [0.15, 0.2) is 0 Å². The van der Waals surface area contributed by atoms with Gasteiger partial charge >= 0.3 is 0 Å². The van der Waals surface area contributed by atoms with E-state index in [2.05, 4.69) is 23.3 Å². The lowest BCUT2D eigenvalue weighted by atomic mass is 10.1. The minimum Gasteiger partial charge on any atom is -0.439 e. The summed E-state index contributed by atoms with van der Waals surface area (Å²) < 4.78 is 5.79. The summed E-state index contributed by atoms with van der Waals surface area (Å²) in [5.74, 6) is 1.49. The molecule has 3 rings (SSSR count). The predicted molar refractivity (Wildman–Crippen MR) is 75.5 cm³/mol. The van der Waals surface area contributed by atoms with Crippen LogP contribution in [0.1, 0.15) is 30.1 Å². The van der Waals surface area contributed by atoms with E-state index in [1.165, 1.54) is 12.0 Å². The van der Waals surface area contributed by atoms with Crippen molar-refractivity contribution in [2.75, 3.05) is 6.54 Å². The van der Waals surface area contributed by atoms with Crippen LogP contribution in [-0.2, 0) is 0 Å². The van der Waals surface area contributed by atoms with Gasteiger partial charge < -0.3 is 10.1 Å². The highest BCUT2D eigenvalue weighted by Gasteiger charge is 2.17. The summed E-state index contributed by atoms with van der Waals surface area (Å²) in [5.41, 5.74) is 2.30. The fourth-order valence-corrected chi connectivity index (χ4v) is 2.35. The van der Waals surface area contributed by atoms with E-state index in [0.717, 1.165) is 24.4 Å². The SMILES string of the molecule is Cc1ccc(Oc2cccc(C3CCCN3)n2)cc1. The van der Waals surface area contributed by atoms with Crippen LogP contribution in [0.15, 0.2) is 42.5 Å². The molecule has 19 heavy (non-hydrogen) atoms. The molecule has 1 aromatic carbocycles. The first-order chi connectivity index (χ1) is 9.31. The summed E-state index contributed by atoms with van der Waals surface area (Å²) in [4.78, 5) is 4.59. The predicted octanol–water partition coefficient (Wildman–Crippen LogP) is 3.61. The van der Waals surface area contributed by atoms with Crippen LogP contribution in [0.25, 0.3) is 0 Å². The topological polar surface area (TPSA) is 34.1 Å². The van der Waals surface area contributed by atoms with Crippen LogP contribution in [0.3, 0.4) is 0 Å². The van der Waals surface area contributed by atoms with Gasteiger partial charge in [0.1, 0.15) is 5.75 Å². The van der Waals surface area contributed by atoms with Gasteiger partial charge in [-0.1, -0.05) is 23.8 Å². The van der Waals surface area contributed by atoms with Crippen LogP contribution in [0.5, 0.6) is 11.6 Å². The Morgan fingerprint density at radius 2 is 2.00 bits per heavy atom. The molecule has 1 aromatic heterocycles. The monoisotopic (exact) mass is 254 g/mol. The van der Waals surface area contributed by atoms with E-state index in [9.17, 15) is 0 Å². The highest BCUT2D eigenvalue weighted by molar-refractivity contribution is 5.30. The first-order valence-electron chi connectivity index (χ1n) is 6.76. The Morgan fingerprint density at radius 3 is 2.74 bits per heavy atom. The summed E-state index contributed by atoms with van der Waals surface area (Å²) in [6, 6.07) is 14.4. The molecule has 3 nitrogen and oxygen atoms in total. The Morgan fingerprint density at radius 1 is 1.16 bits per heavy atom. The Hall–Kier alpha value is -1.87. The van der Waals surface area contributed by atoms with Crippen molar-refractivity contribution in [2.24, 2.45) is 0 Å². The number of benzene rings is 1. The molecule has 1 N–H and O–H groups in total. The molecule has 0 radical (unpaired) electrons. The van der Waals surface area contributed by atoms with Gasteiger partial charge in [-0.05, 0) is 44.5 Å². The maximum absolute atomic E-state index is 5.79. The van der Waals surface area contributed by atoms with Crippen LogP contribution in [0.2, 0.25) is 0 Å². The standard InChI is InChI=1S/C16H18N2O/c1-12-7-9-13(10-8-12)19-16-6-2-4-15(18-16)14-5-3-11-17-14/h2,4,6-10,14,17H,3,5,11H2,1H3. The summed E-state index contributed by atoms with van der Waals surface area (Å²) in [6.45, 7) is 3.14. The maximum atomic E-state index is 5.79. The molecule has 1 saturated heterocycles. The molecule has 0 saturated carbocycles. The van der Waals surface area contributed by atoms with Crippen LogP contribution >= 0.6 is 0 Å². The van der Waals surface area contributed by atoms with E-state index in [1.807, 2.05) is 36.4 Å². The normalized spacial score (nSPS) is 18.5. The zero-order chi connectivity index (χ0) is 13.1. The summed E-state index contributed by atoms with van der Waals surface area (Å²) >= 11 is 0. The lowest BCUT2D eigenvalue weighted by Crippen LogP contribution is -2.14. The molecule has 1 unspecified atom stereocenters. The first-order valence-corrected chi connectivity index (χ1v) is 6.76. The molecule has 3 heteroatoms. The molecule has 0 bridgehead atoms. The number of nitrogens with zero attached hydrogens (tertiary/aromatic N) is 1. The van der Waals surface area contributed by atoms with Crippen molar-refractivity contribution in [3.05, 3.63) is 53.7 Å². The fourth-order valence-electron chi connectivity index (χ4n) is 2.35. The Kier molecular flexibility index (Phi) is 3.47. The molecule has 0 spiro atoms. The van der Waals surface area contributed by atoms with Crippen LogP contribution < -0.4 is 10.1 Å². The van der Waals surface area contributed by atoms with E-state index >= 15 is 0 Å². The molecule has 2 aromatic rings. The molecule has 1 aliphatic heterocycles. The number of ether oxygens (including phenoxy) is 1. The number of aromatic nitrogens is 1. The van der Waals surface area contributed by atoms with Crippen molar-refractivity contribution in [1.29, 1.82) is 0 Å². The van der Waals surface area contributed by atoms with E-state index in [-0.39, 0.29) is 0 Å². The van der Waals surface area contributed by atoms with E-state index in [1.54, 1.807) is 0 Å². The third-order valence-corrected chi connectivity index (χ3v) is 3.41. The average molecular weight is 254 g/mol. The summed E-state index contributed by atoms with van der Waals surface area (Å²) in [5, 5.41) is 3.45. The van der Waals surface area contributed by atoms with Crippen LogP contribution in [-0.4, -0.2) is 11.5 Å². The molecule has 0 amide bonds. The van der Waals surface area contributed by atoms with Gasteiger partial charge in [-0.2, -0.15) is 0 Å². The molecule has 1 aliphatic rings. The highest BCUT2D eigenvalue weighted by atomic mass is 16.5. The van der Waals surface area contributed by atoms with Gasteiger partial charge in [-0.15, -0.1) is 0 Å². The number of hydrogen-bond donors (Lipinski definition) is 1. The molecule has 1 atom stereocenters. The van der Waals surface area contributed by atoms with Gasteiger partial charge in [0.2, 0.25) is 5.88 Å². The largest absolute Gasteiger partial charge is 0.439 e. The Labute approximate surface area is 113 Å². The van der Waals surface area contributed by atoms with Crippen molar-refractivity contribution >= 4 is 0 Å². The second kappa shape index (κ2) is 5.41. The fraction of sp³-hybridized carbons (Fsp3) is 0.312.